The van der Waals surface area contributed by atoms with Gasteiger partial charge in [-0.05, 0) is 19.4 Å². The molecule has 0 bridgehead atoms. The van der Waals surface area contributed by atoms with Gasteiger partial charge in [0.1, 0.15) is 0 Å². The van der Waals surface area contributed by atoms with Crippen LogP contribution in [0.4, 0.5) is 0 Å². The van der Waals surface area contributed by atoms with Gasteiger partial charge in [0, 0.05) is 24.6 Å². The Labute approximate surface area is 103 Å². The van der Waals surface area contributed by atoms with Crippen molar-refractivity contribution in [3.63, 3.8) is 0 Å². The zero-order valence-corrected chi connectivity index (χ0v) is 11.1. The minimum atomic E-state index is 0.907. The maximum absolute atomic E-state index is 3.68. The number of aryl methyl sites for hydroxylation is 2. The Morgan fingerprint density at radius 3 is 2.56 bits per heavy atom. The molecule has 1 aromatic rings. The number of benzene rings is 1. The van der Waals surface area contributed by atoms with Crippen LogP contribution in [0.2, 0.25) is 0 Å². The van der Waals surface area contributed by atoms with Crippen LogP contribution in [0, 0.1) is 13.8 Å². The second-order valence-corrected chi connectivity index (χ2v) is 5.15. The van der Waals surface area contributed by atoms with E-state index in [0.29, 0.717) is 0 Å². The van der Waals surface area contributed by atoms with Gasteiger partial charge in [0.05, 0.1) is 0 Å². The Balaban J connectivity index is 2.23. The van der Waals surface area contributed by atoms with Crippen LogP contribution >= 0.6 is 11.8 Å². The molecule has 0 radical (unpaired) electrons. The molecule has 0 aliphatic rings. The van der Waals surface area contributed by atoms with Crippen LogP contribution < -0.4 is 5.32 Å². The summed E-state index contributed by atoms with van der Waals surface area (Å²) < 4.78 is 0. The third kappa shape index (κ3) is 5.38. The Morgan fingerprint density at radius 1 is 1.25 bits per heavy atom. The molecule has 1 N–H and O–H groups in total. The molecule has 1 nitrogen and oxygen atoms in total. The lowest BCUT2D eigenvalue weighted by molar-refractivity contribution is 0.807. The van der Waals surface area contributed by atoms with Crippen molar-refractivity contribution in [2.75, 3.05) is 18.8 Å². The number of rotatable bonds is 7. The fourth-order valence-electron chi connectivity index (χ4n) is 1.69. The maximum Gasteiger partial charge on any atom is 0.0185 e. The van der Waals surface area contributed by atoms with E-state index >= 15 is 0 Å². The molecule has 0 fully saturated rings. The van der Waals surface area contributed by atoms with Crippen molar-refractivity contribution in [3.05, 3.63) is 47.5 Å². The molecule has 16 heavy (non-hydrogen) atoms. The van der Waals surface area contributed by atoms with Gasteiger partial charge in [-0.15, -0.1) is 6.58 Å². The highest BCUT2D eigenvalue weighted by atomic mass is 32.2. The van der Waals surface area contributed by atoms with E-state index in [1.54, 1.807) is 0 Å². The molecule has 0 unspecified atom stereocenters. The van der Waals surface area contributed by atoms with E-state index in [-0.39, 0.29) is 0 Å². The van der Waals surface area contributed by atoms with Crippen LogP contribution in [0.3, 0.4) is 0 Å². The minimum absolute atomic E-state index is 0.907. The number of hydrogen-bond acceptors (Lipinski definition) is 2. The zero-order chi connectivity index (χ0) is 11.8. The van der Waals surface area contributed by atoms with Gasteiger partial charge in [0.2, 0.25) is 0 Å². The fourth-order valence-corrected chi connectivity index (χ4v) is 2.53. The molecular weight excluding hydrogens is 214 g/mol. The van der Waals surface area contributed by atoms with Crippen LogP contribution in [0.5, 0.6) is 0 Å². The van der Waals surface area contributed by atoms with E-state index in [4.69, 9.17) is 0 Å². The highest BCUT2D eigenvalue weighted by molar-refractivity contribution is 7.98. The second-order valence-electron chi connectivity index (χ2n) is 4.04. The van der Waals surface area contributed by atoms with Gasteiger partial charge >= 0.3 is 0 Å². The van der Waals surface area contributed by atoms with Gasteiger partial charge in [-0.25, -0.2) is 0 Å². The first-order valence-electron chi connectivity index (χ1n) is 5.69. The van der Waals surface area contributed by atoms with E-state index in [2.05, 4.69) is 43.9 Å². The van der Waals surface area contributed by atoms with E-state index in [9.17, 15) is 0 Å². The largest absolute Gasteiger partial charge is 0.312 e. The van der Waals surface area contributed by atoms with Crippen LogP contribution in [0.1, 0.15) is 16.7 Å². The summed E-state index contributed by atoms with van der Waals surface area (Å²) in [6.45, 7) is 9.96. The summed E-state index contributed by atoms with van der Waals surface area (Å²) in [5.41, 5.74) is 4.16. The van der Waals surface area contributed by atoms with Crippen LogP contribution in [0.15, 0.2) is 30.9 Å². The van der Waals surface area contributed by atoms with Gasteiger partial charge in [0.25, 0.3) is 0 Å². The SMILES string of the molecule is C=CCNCCSCc1cc(C)cc(C)c1. The lowest BCUT2D eigenvalue weighted by Crippen LogP contribution is -2.16. The summed E-state index contributed by atoms with van der Waals surface area (Å²) in [5.74, 6) is 2.26. The highest BCUT2D eigenvalue weighted by Crippen LogP contribution is 2.15. The summed E-state index contributed by atoms with van der Waals surface area (Å²) in [6, 6.07) is 6.77. The number of nitrogens with one attached hydrogen (secondary N) is 1. The summed E-state index contributed by atoms with van der Waals surface area (Å²) in [5, 5.41) is 3.31. The van der Waals surface area contributed by atoms with Gasteiger partial charge in [-0.3, -0.25) is 0 Å². The normalized spacial score (nSPS) is 10.4. The lowest BCUT2D eigenvalue weighted by Gasteiger charge is -2.05. The average Bonchev–Trinajstić information content (AvgIpc) is 2.22. The molecular formula is C14H21NS. The standard InChI is InChI=1S/C14H21NS/c1-4-5-15-6-7-16-11-14-9-12(2)8-13(3)10-14/h4,8-10,15H,1,5-7,11H2,2-3H3. The summed E-state index contributed by atoms with van der Waals surface area (Å²) >= 11 is 1.98. The Hall–Kier alpha value is -0.730. The molecule has 0 amide bonds. The third-order valence-electron chi connectivity index (χ3n) is 2.26. The Bertz CT molecular complexity index is 313. The van der Waals surface area contributed by atoms with Crippen molar-refractivity contribution >= 4 is 11.8 Å². The molecule has 0 saturated heterocycles. The van der Waals surface area contributed by atoms with Crippen molar-refractivity contribution in [3.8, 4) is 0 Å². The summed E-state index contributed by atoms with van der Waals surface area (Å²) in [4.78, 5) is 0. The highest BCUT2D eigenvalue weighted by Gasteiger charge is 1.96. The van der Waals surface area contributed by atoms with E-state index in [0.717, 1.165) is 24.6 Å². The van der Waals surface area contributed by atoms with Gasteiger partial charge in [-0.2, -0.15) is 11.8 Å². The molecule has 0 aliphatic carbocycles. The smallest absolute Gasteiger partial charge is 0.0185 e. The van der Waals surface area contributed by atoms with E-state index in [1.165, 1.54) is 16.7 Å². The van der Waals surface area contributed by atoms with Crippen LogP contribution in [-0.2, 0) is 5.75 Å². The summed E-state index contributed by atoms with van der Waals surface area (Å²) in [7, 11) is 0. The van der Waals surface area contributed by atoms with Crippen LogP contribution in [0.25, 0.3) is 0 Å². The third-order valence-corrected chi connectivity index (χ3v) is 3.29. The van der Waals surface area contributed by atoms with Gasteiger partial charge in [0.15, 0.2) is 0 Å². The first-order valence-corrected chi connectivity index (χ1v) is 6.84. The molecule has 2 heteroatoms. The molecule has 0 heterocycles. The molecule has 0 spiro atoms. The first-order chi connectivity index (χ1) is 7.72. The average molecular weight is 235 g/mol. The predicted octanol–water partition coefficient (Wildman–Crippen LogP) is 3.31. The van der Waals surface area contributed by atoms with Crippen LogP contribution in [-0.4, -0.2) is 18.8 Å². The van der Waals surface area contributed by atoms with Crippen molar-refractivity contribution < 1.29 is 0 Å². The predicted molar refractivity (Wildman–Crippen MR) is 75.1 cm³/mol. The van der Waals surface area contributed by atoms with E-state index in [1.807, 2.05) is 17.8 Å². The van der Waals surface area contributed by atoms with E-state index < -0.39 is 0 Å². The second kappa shape index (κ2) is 7.53. The Kier molecular flexibility index (Phi) is 6.27. The molecule has 0 aromatic heterocycles. The Morgan fingerprint density at radius 2 is 1.94 bits per heavy atom. The van der Waals surface area contributed by atoms with Gasteiger partial charge in [-0.1, -0.05) is 35.4 Å². The minimum Gasteiger partial charge on any atom is -0.312 e. The molecule has 1 rings (SSSR count). The maximum atomic E-state index is 3.68. The zero-order valence-electron chi connectivity index (χ0n) is 10.3. The number of thioether (sulfide) groups is 1. The molecule has 1 aromatic carbocycles. The summed E-state index contributed by atoms with van der Waals surface area (Å²) in [6.07, 6.45) is 1.90. The van der Waals surface area contributed by atoms with Crippen molar-refractivity contribution in [2.45, 2.75) is 19.6 Å². The molecule has 88 valence electrons. The quantitative estimate of drug-likeness (QED) is 0.575. The number of hydrogen-bond donors (Lipinski definition) is 1. The fraction of sp³-hybridized carbons (Fsp3) is 0.429. The monoisotopic (exact) mass is 235 g/mol. The van der Waals surface area contributed by atoms with Crippen molar-refractivity contribution in [2.24, 2.45) is 0 Å². The van der Waals surface area contributed by atoms with Crippen molar-refractivity contribution in [1.29, 1.82) is 0 Å². The first kappa shape index (κ1) is 13.3. The topological polar surface area (TPSA) is 12.0 Å². The molecule has 0 aliphatic heterocycles. The van der Waals surface area contributed by atoms with Gasteiger partial charge < -0.3 is 5.32 Å². The molecule has 0 atom stereocenters. The lowest BCUT2D eigenvalue weighted by atomic mass is 10.1. The molecule has 0 saturated carbocycles. The van der Waals surface area contributed by atoms with Crippen molar-refractivity contribution in [1.82, 2.24) is 5.32 Å².